The first-order valence-electron chi connectivity index (χ1n) is 10.4. The fourth-order valence-electron chi connectivity index (χ4n) is 4.02. The lowest BCUT2D eigenvalue weighted by molar-refractivity contribution is -0.126. The Labute approximate surface area is 174 Å². The van der Waals surface area contributed by atoms with E-state index in [-0.39, 0.29) is 11.8 Å². The standard InChI is InChI=1S/C24H31ClN2O/c1-3-18-11-12-19(4-2)22(14-18)15-26-24(28)21-9-7-13-27(17-21)16-20-8-5-6-10-23(20)25/h5-6,8,10-12,14,21H,3-4,7,9,13,15-17H2,1-2H3,(H,26,28)/t21-/m0/s1. The molecule has 1 saturated heterocycles. The Balaban J connectivity index is 1.58. The second-order valence-corrected chi connectivity index (χ2v) is 8.10. The predicted octanol–water partition coefficient (Wildman–Crippen LogP) is 4.99. The minimum Gasteiger partial charge on any atom is -0.352 e. The summed E-state index contributed by atoms with van der Waals surface area (Å²) in [4.78, 5) is 15.2. The van der Waals surface area contributed by atoms with Gasteiger partial charge in [-0.15, -0.1) is 0 Å². The van der Waals surface area contributed by atoms with E-state index in [9.17, 15) is 4.79 Å². The van der Waals surface area contributed by atoms with Gasteiger partial charge in [0, 0.05) is 24.7 Å². The number of nitrogens with zero attached hydrogens (tertiary/aromatic N) is 1. The van der Waals surface area contributed by atoms with Gasteiger partial charge in [0.15, 0.2) is 0 Å². The summed E-state index contributed by atoms with van der Waals surface area (Å²) in [6.45, 7) is 7.58. The van der Waals surface area contributed by atoms with Crippen LogP contribution in [-0.2, 0) is 30.7 Å². The van der Waals surface area contributed by atoms with Crippen molar-refractivity contribution in [3.63, 3.8) is 0 Å². The van der Waals surface area contributed by atoms with E-state index in [0.29, 0.717) is 6.54 Å². The second kappa shape index (κ2) is 10.1. The van der Waals surface area contributed by atoms with Crippen molar-refractivity contribution in [2.75, 3.05) is 13.1 Å². The molecule has 3 rings (SSSR count). The Bertz CT molecular complexity index is 805. The van der Waals surface area contributed by atoms with Crippen LogP contribution >= 0.6 is 11.6 Å². The maximum atomic E-state index is 12.8. The molecule has 0 radical (unpaired) electrons. The monoisotopic (exact) mass is 398 g/mol. The zero-order valence-corrected chi connectivity index (χ0v) is 17.8. The van der Waals surface area contributed by atoms with Crippen molar-refractivity contribution in [3.8, 4) is 0 Å². The fraction of sp³-hybridized carbons (Fsp3) is 0.458. The summed E-state index contributed by atoms with van der Waals surface area (Å²) < 4.78 is 0. The Morgan fingerprint density at radius 3 is 2.68 bits per heavy atom. The minimum absolute atomic E-state index is 0.0515. The first-order chi connectivity index (χ1) is 13.6. The van der Waals surface area contributed by atoms with Crippen LogP contribution < -0.4 is 5.32 Å². The van der Waals surface area contributed by atoms with E-state index in [4.69, 9.17) is 11.6 Å². The van der Waals surface area contributed by atoms with Crippen LogP contribution in [0.3, 0.4) is 0 Å². The summed E-state index contributed by atoms with van der Waals surface area (Å²) in [5, 5.41) is 4.00. The van der Waals surface area contributed by atoms with Crippen molar-refractivity contribution < 1.29 is 4.79 Å². The van der Waals surface area contributed by atoms with Gasteiger partial charge in [-0.1, -0.05) is 61.8 Å². The summed E-state index contributed by atoms with van der Waals surface area (Å²) in [5.41, 5.74) is 5.03. The summed E-state index contributed by atoms with van der Waals surface area (Å²) in [6, 6.07) is 14.6. The smallest absolute Gasteiger partial charge is 0.224 e. The molecule has 1 aliphatic rings. The maximum absolute atomic E-state index is 12.8. The highest BCUT2D eigenvalue weighted by Gasteiger charge is 2.26. The second-order valence-electron chi connectivity index (χ2n) is 7.69. The van der Waals surface area contributed by atoms with Crippen molar-refractivity contribution in [1.82, 2.24) is 10.2 Å². The SMILES string of the molecule is CCc1ccc(CC)c(CNC(=O)[C@H]2CCCN(Cc3ccccc3Cl)C2)c1. The number of carbonyl (C=O) groups is 1. The zero-order valence-electron chi connectivity index (χ0n) is 17.0. The fourth-order valence-corrected chi connectivity index (χ4v) is 4.21. The van der Waals surface area contributed by atoms with Crippen molar-refractivity contribution in [2.24, 2.45) is 5.92 Å². The number of likely N-dealkylation sites (tertiary alicyclic amines) is 1. The largest absolute Gasteiger partial charge is 0.352 e. The van der Waals surface area contributed by atoms with Crippen molar-refractivity contribution in [1.29, 1.82) is 0 Å². The molecule has 1 heterocycles. The van der Waals surface area contributed by atoms with Crippen LogP contribution in [0.15, 0.2) is 42.5 Å². The molecule has 0 spiro atoms. The van der Waals surface area contributed by atoms with Gasteiger partial charge in [-0.2, -0.15) is 0 Å². The normalized spacial score (nSPS) is 17.5. The lowest BCUT2D eigenvalue weighted by Crippen LogP contribution is -2.42. The Kier molecular flexibility index (Phi) is 7.52. The quantitative estimate of drug-likeness (QED) is 0.712. The molecule has 0 bridgehead atoms. The number of hydrogen-bond donors (Lipinski definition) is 1. The molecule has 1 amide bonds. The number of halogens is 1. The lowest BCUT2D eigenvalue weighted by atomic mass is 9.96. The van der Waals surface area contributed by atoms with E-state index in [2.05, 4.69) is 48.3 Å². The Hall–Kier alpha value is -1.84. The zero-order chi connectivity index (χ0) is 19.9. The number of nitrogens with one attached hydrogen (secondary N) is 1. The van der Waals surface area contributed by atoms with Gasteiger partial charge >= 0.3 is 0 Å². The van der Waals surface area contributed by atoms with Gasteiger partial charge < -0.3 is 5.32 Å². The van der Waals surface area contributed by atoms with Gasteiger partial charge in [-0.3, -0.25) is 9.69 Å². The molecule has 4 heteroatoms. The van der Waals surface area contributed by atoms with Crippen molar-refractivity contribution >= 4 is 17.5 Å². The molecule has 0 unspecified atom stereocenters. The van der Waals surface area contributed by atoms with Gasteiger partial charge in [0.2, 0.25) is 5.91 Å². The number of hydrogen-bond acceptors (Lipinski definition) is 2. The average Bonchev–Trinajstić information content (AvgIpc) is 2.73. The maximum Gasteiger partial charge on any atom is 0.224 e. The van der Waals surface area contributed by atoms with Crippen LogP contribution in [0.1, 0.15) is 48.9 Å². The van der Waals surface area contributed by atoms with E-state index in [1.807, 2.05) is 18.2 Å². The third-order valence-electron chi connectivity index (χ3n) is 5.74. The molecule has 0 saturated carbocycles. The molecule has 2 aromatic rings. The van der Waals surface area contributed by atoms with E-state index in [0.717, 1.165) is 55.9 Å². The molecule has 1 atom stereocenters. The summed E-state index contributed by atoms with van der Waals surface area (Å²) >= 11 is 6.31. The third kappa shape index (κ3) is 5.36. The predicted molar refractivity (Wildman–Crippen MR) is 116 cm³/mol. The van der Waals surface area contributed by atoms with Crippen LogP contribution in [0.25, 0.3) is 0 Å². The molecule has 28 heavy (non-hydrogen) atoms. The van der Waals surface area contributed by atoms with Gasteiger partial charge in [-0.25, -0.2) is 0 Å². The number of rotatable bonds is 7. The average molecular weight is 399 g/mol. The highest BCUT2D eigenvalue weighted by Crippen LogP contribution is 2.22. The van der Waals surface area contributed by atoms with Crippen molar-refractivity contribution in [2.45, 2.75) is 52.6 Å². The van der Waals surface area contributed by atoms with Crippen LogP contribution in [0, 0.1) is 5.92 Å². The topological polar surface area (TPSA) is 32.3 Å². The molecule has 3 nitrogen and oxygen atoms in total. The van der Waals surface area contributed by atoms with Crippen LogP contribution in [0.4, 0.5) is 0 Å². The molecule has 0 aliphatic carbocycles. The van der Waals surface area contributed by atoms with E-state index in [1.165, 1.54) is 16.7 Å². The first kappa shape index (κ1) is 20.9. The molecule has 2 aromatic carbocycles. The van der Waals surface area contributed by atoms with Crippen LogP contribution in [0.5, 0.6) is 0 Å². The number of piperidine rings is 1. The molecular formula is C24H31ClN2O. The number of carbonyl (C=O) groups excluding carboxylic acids is 1. The van der Waals surface area contributed by atoms with Crippen LogP contribution in [-0.4, -0.2) is 23.9 Å². The van der Waals surface area contributed by atoms with Crippen LogP contribution in [0.2, 0.25) is 5.02 Å². The molecule has 1 fully saturated rings. The number of aryl methyl sites for hydroxylation is 2. The molecule has 1 aliphatic heterocycles. The summed E-state index contributed by atoms with van der Waals surface area (Å²) in [5.74, 6) is 0.225. The highest BCUT2D eigenvalue weighted by molar-refractivity contribution is 6.31. The molecule has 150 valence electrons. The highest BCUT2D eigenvalue weighted by atomic mass is 35.5. The van der Waals surface area contributed by atoms with Gasteiger partial charge in [-0.05, 0) is 60.5 Å². The Morgan fingerprint density at radius 1 is 1.11 bits per heavy atom. The van der Waals surface area contributed by atoms with Gasteiger partial charge in [0.05, 0.1) is 5.92 Å². The number of amides is 1. The van der Waals surface area contributed by atoms with Crippen molar-refractivity contribution in [3.05, 3.63) is 69.7 Å². The molecular weight excluding hydrogens is 368 g/mol. The van der Waals surface area contributed by atoms with E-state index < -0.39 is 0 Å². The van der Waals surface area contributed by atoms with Gasteiger partial charge in [0.25, 0.3) is 0 Å². The molecule has 1 N–H and O–H groups in total. The van der Waals surface area contributed by atoms with E-state index in [1.54, 1.807) is 0 Å². The van der Waals surface area contributed by atoms with Gasteiger partial charge in [0.1, 0.15) is 0 Å². The Morgan fingerprint density at radius 2 is 1.93 bits per heavy atom. The first-order valence-corrected chi connectivity index (χ1v) is 10.8. The van der Waals surface area contributed by atoms with E-state index >= 15 is 0 Å². The molecule has 0 aromatic heterocycles. The third-order valence-corrected chi connectivity index (χ3v) is 6.11. The minimum atomic E-state index is 0.0515. The lowest BCUT2D eigenvalue weighted by Gasteiger charge is -2.32. The number of benzene rings is 2. The summed E-state index contributed by atoms with van der Waals surface area (Å²) in [6.07, 6.45) is 4.02. The summed E-state index contributed by atoms with van der Waals surface area (Å²) in [7, 11) is 0.